The Morgan fingerprint density at radius 1 is 1.44 bits per heavy atom. The Balaban J connectivity index is 2.70. The summed E-state index contributed by atoms with van der Waals surface area (Å²) in [5.41, 5.74) is 1.23. The molecule has 18 heavy (non-hydrogen) atoms. The Hall–Kier alpha value is -1.03. The highest BCUT2D eigenvalue weighted by Gasteiger charge is 2.10. The molecule has 2 atom stereocenters. The summed E-state index contributed by atoms with van der Waals surface area (Å²) < 4.78 is 0.790. The lowest BCUT2D eigenvalue weighted by Crippen LogP contribution is -2.18. The van der Waals surface area contributed by atoms with Crippen molar-refractivity contribution in [1.29, 1.82) is 0 Å². The second kappa shape index (κ2) is 6.78. The topological polar surface area (TPSA) is 49.3 Å². The first-order chi connectivity index (χ1) is 8.43. The van der Waals surface area contributed by atoms with Crippen LogP contribution in [0.3, 0.4) is 0 Å². The standard InChI is InChI=1S/C14H20BrNO2/c1-4-9(2)7-10(3)16-13-6-5-11(14(17)18)8-12(13)15/h5-6,8-10,16H,4,7H2,1-3H3,(H,17,18). The van der Waals surface area contributed by atoms with E-state index >= 15 is 0 Å². The van der Waals surface area contributed by atoms with Crippen LogP contribution in [-0.4, -0.2) is 17.1 Å². The van der Waals surface area contributed by atoms with Gasteiger partial charge in [0.15, 0.2) is 0 Å². The summed E-state index contributed by atoms with van der Waals surface area (Å²) in [5, 5.41) is 12.3. The van der Waals surface area contributed by atoms with Gasteiger partial charge in [-0.05, 0) is 53.4 Å². The van der Waals surface area contributed by atoms with Crippen molar-refractivity contribution in [1.82, 2.24) is 0 Å². The van der Waals surface area contributed by atoms with Crippen LogP contribution in [0.4, 0.5) is 5.69 Å². The predicted octanol–water partition coefficient (Wildman–Crippen LogP) is 4.38. The molecule has 0 amide bonds. The third-order valence-corrected chi connectivity index (χ3v) is 3.73. The van der Waals surface area contributed by atoms with E-state index in [0.29, 0.717) is 17.5 Å². The van der Waals surface area contributed by atoms with Gasteiger partial charge in [0.05, 0.1) is 5.56 Å². The van der Waals surface area contributed by atoms with Crippen molar-refractivity contribution in [2.45, 2.75) is 39.7 Å². The summed E-state index contributed by atoms with van der Waals surface area (Å²) >= 11 is 3.40. The minimum atomic E-state index is -0.907. The molecule has 0 aromatic heterocycles. The number of anilines is 1. The second-order valence-electron chi connectivity index (χ2n) is 4.79. The summed E-state index contributed by atoms with van der Waals surface area (Å²) in [4.78, 5) is 10.8. The summed E-state index contributed by atoms with van der Waals surface area (Å²) in [6.45, 7) is 6.57. The second-order valence-corrected chi connectivity index (χ2v) is 5.65. The van der Waals surface area contributed by atoms with Crippen LogP contribution in [-0.2, 0) is 0 Å². The third kappa shape index (κ3) is 4.33. The minimum absolute atomic E-state index is 0.294. The lowest BCUT2D eigenvalue weighted by Gasteiger charge is -2.19. The van der Waals surface area contributed by atoms with Gasteiger partial charge in [0, 0.05) is 16.2 Å². The van der Waals surface area contributed by atoms with Crippen molar-refractivity contribution >= 4 is 27.6 Å². The summed E-state index contributed by atoms with van der Waals surface area (Å²) in [6.07, 6.45) is 2.27. The molecule has 1 aromatic rings. The van der Waals surface area contributed by atoms with Crippen LogP contribution in [0, 0.1) is 5.92 Å². The molecule has 2 unspecified atom stereocenters. The number of aromatic carboxylic acids is 1. The van der Waals surface area contributed by atoms with Gasteiger partial charge in [-0.2, -0.15) is 0 Å². The third-order valence-electron chi connectivity index (χ3n) is 3.07. The van der Waals surface area contributed by atoms with Gasteiger partial charge < -0.3 is 10.4 Å². The zero-order valence-electron chi connectivity index (χ0n) is 11.0. The monoisotopic (exact) mass is 313 g/mol. The predicted molar refractivity (Wildman–Crippen MR) is 78.3 cm³/mol. The van der Waals surface area contributed by atoms with E-state index in [1.807, 2.05) is 0 Å². The molecule has 100 valence electrons. The van der Waals surface area contributed by atoms with E-state index in [4.69, 9.17) is 5.11 Å². The normalized spacial score (nSPS) is 14.0. The highest BCUT2D eigenvalue weighted by atomic mass is 79.9. The lowest BCUT2D eigenvalue weighted by molar-refractivity contribution is 0.0697. The van der Waals surface area contributed by atoms with E-state index in [9.17, 15) is 4.79 Å². The van der Waals surface area contributed by atoms with Crippen molar-refractivity contribution in [3.05, 3.63) is 28.2 Å². The van der Waals surface area contributed by atoms with Crippen molar-refractivity contribution in [2.24, 2.45) is 5.92 Å². The molecule has 0 aliphatic rings. The van der Waals surface area contributed by atoms with E-state index in [0.717, 1.165) is 16.6 Å². The number of nitrogens with one attached hydrogen (secondary N) is 1. The number of carboxylic acid groups (broad SMARTS) is 1. The molecule has 0 heterocycles. The first-order valence-corrected chi connectivity index (χ1v) is 7.02. The Morgan fingerprint density at radius 2 is 2.11 bits per heavy atom. The molecule has 3 nitrogen and oxygen atoms in total. The molecule has 2 N–H and O–H groups in total. The molecular formula is C14H20BrNO2. The molecule has 1 aromatic carbocycles. The molecule has 4 heteroatoms. The Bertz CT molecular complexity index is 420. The summed E-state index contributed by atoms with van der Waals surface area (Å²) in [7, 11) is 0. The SMILES string of the molecule is CCC(C)CC(C)Nc1ccc(C(=O)O)cc1Br. The Kier molecular flexibility index (Phi) is 5.66. The molecule has 0 aliphatic heterocycles. The first kappa shape index (κ1) is 15.0. The Labute approximate surface area is 117 Å². The van der Waals surface area contributed by atoms with Crippen molar-refractivity contribution in [3.8, 4) is 0 Å². The molecule has 0 aliphatic carbocycles. The largest absolute Gasteiger partial charge is 0.478 e. The summed E-state index contributed by atoms with van der Waals surface area (Å²) in [5.74, 6) is -0.223. The molecule has 0 fully saturated rings. The highest BCUT2D eigenvalue weighted by Crippen LogP contribution is 2.25. The quantitative estimate of drug-likeness (QED) is 0.819. The van der Waals surface area contributed by atoms with Gasteiger partial charge in [0.1, 0.15) is 0 Å². The van der Waals surface area contributed by atoms with Gasteiger partial charge >= 0.3 is 5.97 Å². The van der Waals surface area contributed by atoms with Gasteiger partial charge in [-0.15, -0.1) is 0 Å². The molecule has 0 radical (unpaired) electrons. The highest BCUT2D eigenvalue weighted by molar-refractivity contribution is 9.10. The van der Waals surface area contributed by atoms with Crippen LogP contribution in [0.1, 0.15) is 44.0 Å². The molecule has 1 rings (SSSR count). The number of rotatable bonds is 6. The maximum Gasteiger partial charge on any atom is 0.335 e. The van der Waals surface area contributed by atoms with E-state index in [-0.39, 0.29) is 0 Å². The van der Waals surface area contributed by atoms with Gasteiger partial charge in [-0.1, -0.05) is 20.3 Å². The van der Waals surface area contributed by atoms with Gasteiger partial charge in [-0.25, -0.2) is 4.79 Å². The van der Waals surface area contributed by atoms with Crippen LogP contribution in [0.5, 0.6) is 0 Å². The zero-order valence-corrected chi connectivity index (χ0v) is 12.6. The van der Waals surface area contributed by atoms with E-state index in [1.54, 1.807) is 18.2 Å². The van der Waals surface area contributed by atoms with E-state index in [2.05, 4.69) is 42.0 Å². The smallest absolute Gasteiger partial charge is 0.335 e. The number of hydrogen-bond acceptors (Lipinski definition) is 2. The maximum absolute atomic E-state index is 10.8. The number of carbonyl (C=O) groups is 1. The van der Waals surface area contributed by atoms with Crippen LogP contribution < -0.4 is 5.32 Å². The molecule has 0 spiro atoms. The number of carboxylic acids is 1. The average molecular weight is 314 g/mol. The Morgan fingerprint density at radius 3 is 2.61 bits per heavy atom. The first-order valence-electron chi connectivity index (χ1n) is 6.23. The van der Waals surface area contributed by atoms with Crippen molar-refractivity contribution in [3.63, 3.8) is 0 Å². The fourth-order valence-corrected chi connectivity index (χ4v) is 2.35. The van der Waals surface area contributed by atoms with Crippen molar-refractivity contribution in [2.75, 3.05) is 5.32 Å². The average Bonchev–Trinajstić information content (AvgIpc) is 2.31. The maximum atomic E-state index is 10.8. The van der Waals surface area contributed by atoms with Crippen LogP contribution in [0.2, 0.25) is 0 Å². The van der Waals surface area contributed by atoms with Gasteiger partial charge in [-0.3, -0.25) is 0 Å². The number of halogens is 1. The molecular weight excluding hydrogens is 294 g/mol. The number of hydrogen-bond donors (Lipinski definition) is 2. The summed E-state index contributed by atoms with van der Waals surface area (Å²) in [6, 6.07) is 5.42. The minimum Gasteiger partial charge on any atom is -0.478 e. The van der Waals surface area contributed by atoms with E-state index in [1.165, 1.54) is 6.42 Å². The lowest BCUT2D eigenvalue weighted by atomic mass is 10.0. The van der Waals surface area contributed by atoms with Crippen LogP contribution >= 0.6 is 15.9 Å². The van der Waals surface area contributed by atoms with Crippen molar-refractivity contribution < 1.29 is 9.90 Å². The molecule has 0 saturated heterocycles. The fourth-order valence-electron chi connectivity index (χ4n) is 1.86. The zero-order chi connectivity index (χ0) is 13.7. The number of benzene rings is 1. The fraction of sp³-hybridized carbons (Fsp3) is 0.500. The van der Waals surface area contributed by atoms with Crippen LogP contribution in [0.15, 0.2) is 22.7 Å². The van der Waals surface area contributed by atoms with Gasteiger partial charge in [0.25, 0.3) is 0 Å². The van der Waals surface area contributed by atoms with Crippen LogP contribution in [0.25, 0.3) is 0 Å². The molecule has 0 saturated carbocycles. The van der Waals surface area contributed by atoms with E-state index < -0.39 is 5.97 Å². The molecule has 0 bridgehead atoms. The van der Waals surface area contributed by atoms with Gasteiger partial charge in [0.2, 0.25) is 0 Å².